The second-order valence-electron chi connectivity index (χ2n) is 4.67. The van der Waals surface area contributed by atoms with Crippen LogP contribution in [0.25, 0.3) is 0 Å². The van der Waals surface area contributed by atoms with Crippen LogP contribution in [0.1, 0.15) is 13.3 Å². The quantitative estimate of drug-likeness (QED) is 0.604. The Bertz CT molecular complexity index is 309. The highest BCUT2D eigenvalue weighted by atomic mass is 32.2. The van der Waals surface area contributed by atoms with Crippen molar-refractivity contribution in [3.8, 4) is 0 Å². The van der Waals surface area contributed by atoms with Crippen LogP contribution in [0, 0.1) is 0 Å². The third-order valence-corrected chi connectivity index (χ3v) is 6.45. The molecular weight excluding hydrogens is 274 g/mol. The second kappa shape index (κ2) is 6.00. The normalized spacial score (nSPS) is 38.8. The van der Waals surface area contributed by atoms with Crippen LogP contribution in [0.3, 0.4) is 0 Å². The number of thioether (sulfide) groups is 2. The van der Waals surface area contributed by atoms with E-state index in [4.69, 9.17) is 0 Å². The predicted molar refractivity (Wildman–Crippen MR) is 72.5 cm³/mol. The van der Waals surface area contributed by atoms with Crippen molar-refractivity contribution in [2.45, 2.75) is 42.3 Å². The molecule has 2 fully saturated rings. The maximum Gasteiger partial charge on any atom is 0.219 e. The number of aliphatic hydroxyl groups excluding tert-OH is 3. The molecule has 0 aliphatic carbocycles. The number of likely N-dealkylation sites (tertiary alicyclic amines) is 1. The van der Waals surface area contributed by atoms with Gasteiger partial charge in [0.25, 0.3) is 0 Å². The summed E-state index contributed by atoms with van der Waals surface area (Å²) < 4.78 is 0.0693. The summed E-state index contributed by atoms with van der Waals surface area (Å²) >= 11 is 3.43. The van der Waals surface area contributed by atoms with Crippen LogP contribution in [0.5, 0.6) is 0 Å². The Morgan fingerprint density at radius 1 is 1.17 bits per heavy atom. The molecule has 3 N–H and O–H groups in total. The maximum atomic E-state index is 11.7. The maximum absolute atomic E-state index is 11.7. The molecule has 2 rings (SSSR count). The molecule has 2 aliphatic heterocycles. The Kier molecular flexibility index (Phi) is 4.82. The highest BCUT2D eigenvalue weighted by molar-refractivity contribution is 8.17. The minimum Gasteiger partial charge on any atom is -0.388 e. The molecule has 104 valence electrons. The van der Waals surface area contributed by atoms with Crippen molar-refractivity contribution in [1.82, 2.24) is 4.90 Å². The Balaban J connectivity index is 2.18. The third kappa shape index (κ3) is 2.80. The van der Waals surface area contributed by atoms with Crippen molar-refractivity contribution in [2.75, 3.05) is 18.1 Å². The fourth-order valence-corrected chi connectivity index (χ4v) is 5.64. The Morgan fingerprint density at radius 2 is 1.78 bits per heavy atom. The zero-order chi connectivity index (χ0) is 13.3. The van der Waals surface area contributed by atoms with E-state index in [9.17, 15) is 20.1 Å². The van der Waals surface area contributed by atoms with E-state index in [-0.39, 0.29) is 17.0 Å². The summed E-state index contributed by atoms with van der Waals surface area (Å²) in [5.41, 5.74) is 0. The number of β-amino-alcohol motifs (C(OH)–C–C–N with tert-alkyl or cyclic N) is 1. The molecule has 2 saturated heterocycles. The molecule has 0 saturated carbocycles. The van der Waals surface area contributed by atoms with Gasteiger partial charge in [-0.1, -0.05) is 0 Å². The van der Waals surface area contributed by atoms with Gasteiger partial charge in [0.15, 0.2) is 0 Å². The summed E-state index contributed by atoms with van der Waals surface area (Å²) in [5.74, 6) is 1.84. The van der Waals surface area contributed by atoms with Crippen molar-refractivity contribution >= 4 is 29.4 Å². The van der Waals surface area contributed by atoms with E-state index in [1.165, 1.54) is 11.8 Å². The van der Waals surface area contributed by atoms with Gasteiger partial charge in [0.1, 0.15) is 18.3 Å². The van der Waals surface area contributed by atoms with Crippen molar-refractivity contribution in [3.63, 3.8) is 0 Å². The number of carbonyl (C=O) groups excluding carboxylic acids is 1. The van der Waals surface area contributed by atoms with Crippen molar-refractivity contribution < 1.29 is 20.1 Å². The van der Waals surface area contributed by atoms with Gasteiger partial charge in [-0.25, -0.2) is 0 Å². The van der Waals surface area contributed by atoms with Crippen LogP contribution in [0.15, 0.2) is 0 Å². The first kappa shape index (κ1) is 14.5. The lowest BCUT2D eigenvalue weighted by atomic mass is 9.94. The minimum absolute atomic E-state index is 0.0693. The van der Waals surface area contributed by atoms with Crippen LogP contribution in [-0.4, -0.2) is 73.1 Å². The van der Waals surface area contributed by atoms with E-state index in [0.717, 1.165) is 17.9 Å². The molecule has 2 aliphatic rings. The summed E-state index contributed by atoms with van der Waals surface area (Å²) in [7, 11) is 0. The standard InChI is InChI=1S/C11H19NO4S2/c1-6(13)12-5-7(14)9(15)10(16)8(12)11-17-3-2-4-18-11/h7-11,14-16H,2-5H2,1H3/t7-,8+,9-,10-/m1/s1. The summed E-state index contributed by atoms with van der Waals surface area (Å²) in [5, 5.41) is 29.6. The molecular formula is C11H19NO4S2. The van der Waals surface area contributed by atoms with Crippen LogP contribution in [0.2, 0.25) is 0 Å². The first-order chi connectivity index (χ1) is 8.52. The summed E-state index contributed by atoms with van der Waals surface area (Å²) in [6, 6.07) is -0.420. The van der Waals surface area contributed by atoms with Crippen molar-refractivity contribution in [2.24, 2.45) is 0 Å². The van der Waals surface area contributed by atoms with Crippen molar-refractivity contribution in [1.29, 1.82) is 0 Å². The molecule has 1 amide bonds. The molecule has 4 atom stereocenters. The molecule has 5 nitrogen and oxygen atoms in total. The van der Waals surface area contributed by atoms with E-state index in [0.29, 0.717) is 0 Å². The van der Waals surface area contributed by atoms with Gasteiger partial charge in [-0.2, -0.15) is 0 Å². The smallest absolute Gasteiger partial charge is 0.219 e. The molecule has 0 aromatic carbocycles. The number of amides is 1. The van der Waals surface area contributed by atoms with Crippen LogP contribution < -0.4 is 0 Å². The first-order valence-corrected chi connectivity index (χ1v) is 8.16. The average molecular weight is 293 g/mol. The molecule has 7 heteroatoms. The van der Waals surface area contributed by atoms with Gasteiger partial charge in [-0.05, 0) is 17.9 Å². The topological polar surface area (TPSA) is 81.0 Å². The molecule has 0 radical (unpaired) electrons. The number of rotatable bonds is 1. The lowest BCUT2D eigenvalue weighted by Gasteiger charge is -2.47. The second-order valence-corrected chi connectivity index (χ2v) is 7.47. The van der Waals surface area contributed by atoms with Crippen LogP contribution >= 0.6 is 23.5 Å². The minimum atomic E-state index is -1.17. The Hall–Kier alpha value is 0.0500. The van der Waals surface area contributed by atoms with E-state index in [1.807, 2.05) is 0 Å². The Labute approximate surface area is 115 Å². The number of carbonyl (C=O) groups is 1. The molecule has 0 spiro atoms. The fourth-order valence-electron chi connectivity index (χ4n) is 2.39. The molecule has 0 bridgehead atoms. The van der Waals surface area contributed by atoms with E-state index in [2.05, 4.69) is 0 Å². The first-order valence-electron chi connectivity index (χ1n) is 6.07. The number of piperidine rings is 1. The lowest BCUT2D eigenvalue weighted by molar-refractivity contribution is -0.158. The van der Waals surface area contributed by atoms with Gasteiger partial charge in [-0.15, -0.1) is 23.5 Å². The number of hydrogen-bond donors (Lipinski definition) is 3. The average Bonchev–Trinajstić information content (AvgIpc) is 2.36. The fraction of sp³-hybridized carbons (Fsp3) is 0.909. The molecule has 18 heavy (non-hydrogen) atoms. The largest absolute Gasteiger partial charge is 0.388 e. The van der Waals surface area contributed by atoms with Gasteiger partial charge in [-0.3, -0.25) is 4.79 Å². The van der Waals surface area contributed by atoms with Crippen LogP contribution in [0.4, 0.5) is 0 Å². The summed E-state index contributed by atoms with van der Waals surface area (Å²) in [4.78, 5) is 13.2. The predicted octanol–water partition coefficient (Wildman–Crippen LogP) is -0.504. The van der Waals surface area contributed by atoms with E-state index < -0.39 is 24.4 Å². The number of nitrogens with zero attached hydrogens (tertiary/aromatic N) is 1. The SMILES string of the molecule is CC(=O)N1C[C@@H](O)[C@@H](O)[C@H](O)[C@H]1C1SCCCS1. The monoisotopic (exact) mass is 293 g/mol. The van der Waals surface area contributed by atoms with Gasteiger partial charge in [0, 0.05) is 13.5 Å². The number of aliphatic hydroxyl groups is 3. The van der Waals surface area contributed by atoms with Gasteiger partial charge in [0.2, 0.25) is 5.91 Å². The molecule has 0 aromatic rings. The molecule has 0 unspecified atom stereocenters. The lowest BCUT2D eigenvalue weighted by Crippen LogP contribution is -2.65. The summed E-state index contributed by atoms with van der Waals surface area (Å²) in [6.45, 7) is 1.53. The van der Waals surface area contributed by atoms with Gasteiger partial charge >= 0.3 is 0 Å². The third-order valence-electron chi connectivity index (χ3n) is 3.37. The van der Waals surface area contributed by atoms with E-state index >= 15 is 0 Å². The van der Waals surface area contributed by atoms with E-state index in [1.54, 1.807) is 23.5 Å². The molecule has 0 aromatic heterocycles. The van der Waals surface area contributed by atoms with Crippen molar-refractivity contribution in [3.05, 3.63) is 0 Å². The zero-order valence-corrected chi connectivity index (χ0v) is 11.9. The summed E-state index contributed by atoms with van der Waals surface area (Å²) in [6.07, 6.45) is -2.20. The Morgan fingerprint density at radius 3 is 2.33 bits per heavy atom. The zero-order valence-electron chi connectivity index (χ0n) is 10.2. The highest BCUT2D eigenvalue weighted by Crippen LogP contribution is 2.38. The van der Waals surface area contributed by atoms with Gasteiger partial charge in [0.05, 0.1) is 10.6 Å². The molecule has 2 heterocycles. The number of hydrogen-bond acceptors (Lipinski definition) is 6. The van der Waals surface area contributed by atoms with Gasteiger partial charge < -0.3 is 20.2 Å². The highest BCUT2D eigenvalue weighted by Gasteiger charge is 2.46. The van der Waals surface area contributed by atoms with Crippen LogP contribution in [-0.2, 0) is 4.79 Å².